The number of nitrogens with one attached hydrogen (secondary N) is 2. The molecule has 0 aliphatic rings. The number of rotatable bonds is 4. The van der Waals surface area contributed by atoms with E-state index in [0.29, 0.717) is 0 Å². The van der Waals surface area contributed by atoms with Crippen LogP contribution in [0.3, 0.4) is 0 Å². The largest absolute Gasteiger partial charge is 0.370 e. The van der Waals surface area contributed by atoms with Crippen molar-refractivity contribution in [2.75, 3.05) is 0 Å². The first-order valence-electron chi connectivity index (χ1n) is 5.79. The average molecular weight is 243 g/mol. The van der Waals surface area contributed by atoms with E-state index in [1.54, 1.807) is 0 Å². The molecule has 0 aliphatic carbocycles. The quantitative estimate of drug-likeness (QED) is 0.673. The van der Waals surface area contributed by atoms with E-state index < -0.39 is 11.9 Å². The molecule has 0 aliphatic heterocycles. The summed E-state index contributed by atoms with van der Waals surface area (Å²) in [5.74, 6) is -0.693. The van der Waals surface area contributed by atoms with Crippen LogP contribution < -0.4 is 16.4 Å². The zero-order chi connectivity index (χ0) is 13.9. The van der Waals surface area contributed by atoms with Gasteiger partial charge in [0.25, 0.3) is 0 Å². The summed E-state index contributed by atoms with van der Waals surface area (Å²) in [6, 6.07) is -0.591. The Morgan fingerprint density at radius 2 is 1.53 bits per heavy atom. The highest BCUT2D eigenvalue weighted by Crippen LogP contribution is 2.06. The van der Waals surface area contributed by atoms with Crippen LogP contribution in [0, 0.1) is 0 Å². The summed E-state index contributed by atoms with van der Waals surface area (Å²) in [5.41, 5.74) is 4.57. The summed E-state index contributed by atoms with van der Waals surface area (Å²) >= 11 is 0. The van der Waals surface area contributed by atoms with Crippen LogP contribution in [0.5, 0.6) is 0 Å². The van der Waals surface area contributed by atoms with E-state index in [0.717, 1.165) is 0 Å². The number of nitrogens with two attached hydrogens (primary N) is 1. The van der Waals surface area contributed by atoms with Crippen LogP contribution in [0.25, 0.3) is 0 Å². The molecule has 0 bridgehead atoms. The molecule has 5 heteroatoms. The second-order valence-electron chi connectivity index (χ2n) is 6.36. The fourth-order valence-electron chi connectivity index (χ4n) is 1.39. The molecule has 0 aromatic rings. The van der Waals surface area contributed by atoms with Gasteiger partial charge in [0.15, 0.2) is 0 Å². The summed E-state index contributed by atoms with van der Waals surface area (Å²) in [6.45, 7) is 11.5. The van der Waals surface area contributed by atoms with Gasteiger partial charge >= 0.3 is 0 Å². The second kappa shape index (κ2) is 5.49. The highest BCUT2D eigenvalue weighted by atomic mass is 16.2. The van der Waals surface area contributed by atoms with E-state index >= 15 is 0 Å². The van der Waals surface area contributed by atoms with E-state index in [1.807, 2.05) is 41.5 Å². The first-order chi connectivity index (χ1) is 7.41. The monoisotopic (exact) mass is 243 g/mol. The Morgan fingerprint density at radius 3 is 1.82 bits per heavy atom. The van der Waals surface area contributed by atoms with Crippen LogP contribution >= 0.6 is 0 Å². The van der Waals surface area contributed by atoms with Gasteiger partial charge in [0.1, 0.15) is 0 Å². The lowest BCUT2D eigenvalue weighted by atomic mass is 10.0. The maximum absolute atomic E-state index is 12.0. The highest BCUT2D eigenvalue weighted by Gasteiger charge is 2.27. The Balaban J connectivity index is 4.68. The Bertz CT molecular complexity index is 287. The third-order valence-corrected chi connectivity index (χ3v) is 1.83. The fourth-order valence-corrected chi connectivity index (χ4v) is 1.39. The van der Waals surface area contributed by atoms with Gasteiger partial charge in [-0.3, -0.25) is 9.59 Å². The van der Waals surface area contributed by atoms with Gasteiger partial charge in [-0.1, -0.05) is 0 Å². The Hall–Kier alpha value is -1.10. The fraction of sp³-hybridized carbons (Fsp3) is 0.833. The van der Waals surface area contributed by atoms with Gasteiger partial charge in [-0.15, -0.1) is 0 Å². The van der Waals surface area contributed by atoms with Crippen molar-refractivity contribution < 1.29 is 9.59 Å². The first-order valence-corrected chi connectivity index (χ1v) is 5.79. The Morgan fingerprint density at radius 1 is 1.06 bits per heavy atom. The Kier molecular flexibility index (Phi) is 5.13. The summed E-state index contributed by atoms with van der Waals surface area (Å²) in [5, 5.41) is 5.94. The van der Waals surface area contributed by atoms with Gasteiger partial charge in [-0.2, -0.15) is 0 Å². The average Bonchev–Trinajstić information content (AvgIpc) is 1.95. The van der Waals surface area contributed by atoms with E-state index in [1.165, 1.54) is 0 Å². The van der Waals surface area contributed by atoms with Crippen LogP contribution in [0.4, 0.5) is 0 Å². The van der Waals surface area contributed by atoms with Crippen LogP contribution in [-0.2, 0) is 9.59 Å². The molecule has 17 heavy (non-hydrogen) atoms. The number of carbonyl (C=O) groups is 2. The normalized spacial score (nSPS) is 14.2. The van der Waals surface area contributed by atoms with Gasteiger partial charge < -0.3 is 16.4 Å². The third-order valence-electron chi connectivity index (χ3n) is 1.83. The van der Waals surface area contributed by atoms with Crippen molar-refractivity contribution in [2.45, 2.75) is 65.1 Å². The molecular weight excluding hydrogens is 218 g/mol. The molecule has 4 N–H and O–H groups in total. The predicted octanol–water partition coefficient (Wildman–Crippen LogP) is 0.533. The minimum absolute atomic E-state index is 0.000810. The molecule has 100 valence electrons. The van der Waals surface area contributed by atoms with E-state index in [2.05, 4.69) is 10.6 Å². The Labute approximate surface area is 104 Å². The molecule has 0 aromatic carbocycles. The summed E-state index contributed by atoms with van der Waals surface area (Å²) in [7, 11) is 0. The maximum Gasteiger partial charge on any atom is 0.238 e. The smallest absolute Gasteiger partial charge is 0.238 e. The molecule has 0 rings (SSSR count). The lowest BCUT2D eigenvalue weighted by Crippen LogP contribution is -2.56. The standard InChI is InChI=1S/C12H25N3O2/c1-11(2,3)14-8(7-9(13)16)10(17)15-12(4,5)6/h8,14H,7H2,1-6H3,(H2,13,16)(H,15,17). The first kappa shape index (κ1) is 15.9. The van der Waals surface area contributed by atoms with Crippen LogP contribution in [0.1, 0.15) is 48.0 Å². The molecule has 2 amide bonds. The molecule has 0 saturated heterocycles. The number of amides is 2. The third kappa shape index (κ3) is 8.68. The van der Waals surface area contributed by atoms with Crippen molar-refractivity contribution in [3.63, 3.8) is 0 Å². The van der Waals surface area contributed by atoms with Crippen LogP contribution in [0.2, 0.25) is 0 Å². The summed E-state index contributed by atoms with van der Waals surface area (Å²) in [6.07, 6.45) is -0.000810. The highest BCUT2D eigenvalue weighted by molar-refractivity contribution is 5.88. The van der Waals surface area contributed by atoms with Crippen molar-refractivity contribution in [1.82, 2.24) is 10.6 Å². The molecular formula is C12H25N3O2. The van der Waals surface area contributed by atoms with Gasteiger partial charge in [0.05, 0.1) is 12.5 Å². The summed E-state index contributed by atoms with van der Waals surface area (Å²) in [4.78, 5) is 23.0. The van der Waals surface area contributed by atoms with Crippen molar-refractivity contribution in [3.05, 3.63) is 0 Å². The minimum Gasteiger partial charge on any atom is -0.370 e. The zero-order valence-electron chi connectivity index (χ0n) is 11.7. The van der Waals surface area contributed by atoms with E-state index in [4.69, 9.17) is 5.73 Å². The molecule has 0 heterocycles. The molecule has 0 radical (unpaired) electrons. The SMILES string of the molecule is CC(C)(C)NC(=O)C(CC(N)=O)NC(C)(C)C. The number of hydrogen-bond donors (Lipinski definition) is 3. The van der Waals surface area contributed by atoms with Gasteiger partial charge in [0.2, 0.25) is 11.8 Å². The molecule has 0 aromatic heterocycles. The molecule has 1 atom stereocenters. The number of carbonyl (C=O) groups excluding carboxylic acids is 2. The molecule has 5 nitrogen and oxygen atoms in total. The van der Waals surface area contributed by atoms with Crippen LogP contribution in [0.15, 0.2) is 0 Å². The van der Waals surface area contributed by atoms with Crippen molar-refractivity contribution in [3.8, 4) is 0 Å². The van der Waals surface area contributed by atoms with Crippen molar-refractivity contribution in [2.24, 2.45) is 5.73 Å². The second-order valence-corrected chi connectivity index (χ2v) is 6.36. The molecule has 0 fully saturated rings. The van der Waals surface area contributed by atoms with Gasteiger partial charge in [0, 0.05) is 11.1 Å². The van der Waals surface area contributed by atoms with E-state index in [9.17, 15) is 9.59 Å². The number of primary amides is 1. The zero-order valence-corrected chi connectivity index (χ0v) is 11.7. The lowest BCUT2D eigenvalue weighted by Gasteiger charge is -2.30. The minimum atomic E-state index is -0.591. The predicted molar refractivity (Wildman–Crippen MR) is 68.4 cm³/mol. The number of hydrogen-bond acceptors (Lipinski definition) is 3. The topological polar surface area (TPSA) is 84.2 Å². The van der Waals surface area contributed by atoms with Crippen molar-refractivity contribution >= 4 is 11.8 Å². The lowest BCUT2D eigenvalue weighted by molar-refractivity contribution is -0.128. The molecule has 0 spiro atoms. The maximum atomic E-state index is 12.0. The molecule has 0 saturated carbocycles. The van der Waals surface area contributed by atoms with E-state index in [-0.39, 0.29) is 23.4 Å². The van der Waals surface area contributed by atoms with Gasteiger partial charge in [-0.25, -0.2) is 0 Å². The molecule has 1 unspecified atom stereocenters. The van der Waals surface area contributed by atoms with Crippen LogP contribution in [-0.4, -0.2) is 28.9 Å². The van der Waals surface area contributed by atoms with Crippen molar-refractivity contribution in [1.29, 1.82) is 0 Å². The van der Waals surface area contributed by atoms with Gasteiger partial charge in [-0.05, 0) is 41.5 Å². The summed E-state index contributed by atoms with van der Waals surface area (Å²) < 4.78 is 0.